The summed E-state index contributed by atoms with van der Waals surface area (Å²) in [4.78, 5) is 30.3. The van der Waals surface area contributed by atoms with Crippen molar-refractivity contribution in [2.45, 2.75) is 9.24 Å². The Kier molecular flexibility index (Phi) is 6.43. The summed E-state index contributed by atoms with van der Waals surface area (Å²) in [6, 6.07) is 15.7. The summed E-state index contributed by atoms with van der Waals surface area (Å²) in [6.45, 7) is -0.469. The van der Waals surface area contributed by atoms with E-state index in [2.05, 4.69) is 9.71 Å². The molecule has 2 heterocycles. The maximum atomic E-state index is 13.4. The summed E-state index contributed by atoms with van der Waals surface area (Å²) in [5.74, 6) is -0.253. The minimum atomic E-state index is -4.45. The number of thiazole rings is 1. The van der Waals surface area contributed by atoms with Crippen LogP contribution < -0.4 is 9.46 Å². The number of benzene rings is 3. The molecule has 0 saturated heterocycles. The third-order valence-electron chi connectivity index (χ3n) is 5.61. The van der Waals surface area contributed by atoms with Crippen LogP contribution in [0.15, 0.2) is 74.9 Å². The highest BCUT2D eigenvalue weighted by molar-refractivity contribution is 8.01. The largest absolute Gasteiger partial charge is 0.518 e. The van der Waals surface area contributed by atoms with Gasteiger partial charge >= 0.3 is 6.03 Å². The Morgan fingerprint density at radius 2 is 1.84 bits per heavy atom. The van der Waals surface area contributed by atoms with Crippen LogP contribution in [0.4, 0.5) is 10.5 Å². The summed E-state index contributed by atoms with van der Waals surface area (Å²) in [5, 5.41) is 1.21. The fourth-order valence-electron chi connectivity index (χ4n) is 3.89. The van der Waals surface area contributed by atoms with E-state index >= 15 is 0 Å². The summed E-state index contributed by atoms with van der Waals surface area (Å²) < 4.78 is 37.1. The topological polar surface area (TPSA) is 133 Å². The molecule has 0 bridgehead atoms. The highest BCUT2D eigenvalue weighted by atomic mass is 32.2. The molecule has 37 heavy (non-hydrogen) atoms. The van der Waals surface area contributed by atoms with Crippen molar-refractivity contribution in [1.29, 1.82) is 5.53 Å². The van der Waals surface area contributed by atoms with Gasteiger partial charge in [-0.2, -0.15) is 4.79 Å². The van der Waals surface area contributed by atoms with Gasteiger partial charge in [0.05, 0.1) is 35.0 Å². The van der Waals surface area contributed by atoms with Crippen molar-refractivity contribution in [2.24, 2.45) is 0 Å². The van der Waals surface area contributed by atoms with Gasteiger partial charge in [0, 0.05) is 10.8 Å². The minimum Gasteiger partial charge on any atom is -0.495 e. The van der Waals surface area contributed by atoms with E-state index in [4.69, 9.17) is 10.3 Å². The highest BCUT2D eigenvalue weighted by Gasteiger charge is 2.37. The molecule has 188 valence electrons. The number of methoxy groups -OCH3 is 1. The van der Waals surface area contributed by atoms with E-state index < -0.39 is 33.3 Å². The first kappa shape index (κ1) is 24.9. The number of hydrogen-bond donors (Lipinski definition) is 2. The molecule has 2 N–H and O–H groups in total. The monoisotopic (exact) mass is 554 g/mol. The number of para-hydroxylation sites is 1. The number of carbonyl (C=O) groups excluding carboxylic acids is 2. The number of carbonyl (C=O) groups is 2. The van der Waals surface area contributed by atoms with Crippen LogP contribution in [0.1, 0.15) is 0 Å². The molecule has 0 aliphatic carbocycles. The number of nitrogens with zero attached hydrogens (tertiary/aromatic N) is 3. The number of anilines is 1. The molecule has 0 atom stereocenters. The molecule has 13 heteroatoms. The Morgan fingerprint density at radius 1 is 1.14 bits per heavy atom. The van der Waals surface area contributed by atoms with Gasteiger partial charge in [-0.3, -0.25) is 9.52 Å². The number of hydrogen-bond acceptors (Lipinski definition) is 9. The predicted molar refractivity (Wildman–Crippen MR) is 141 cm³/mol. The fraction of sp³-hybridized carbons (Fsp3) is 0.125. The van der Waals surface area contributed by atoms with E-state index in [1.54, 1.807) is 25.3 Å². The van der Waals surface area contributed by atoms with Gasteiger partial charge in [-0.15, -0.1) is 16.9 Å². The number of ketones is 1. The lowest BCUT2D eigenvalue weighted by atomic mass is 10.1. The van der Waals surface area contributed by atoms with Crippen LogP contribution in [0.25, 0.3) is 21.0 Å². The molecule has 3 aromatic carbocycles. The number of rotatable bonds is 6. The van der Waals surface area contributed by atoms with Crippen molar-refractivity contribution in [3.8, 4) is 5.75 Å². The van der Waals surface area contributed by atoms with Gasteiger partial charge in [0.25, 0.3) is 10.0 Å². The van der Waals surface area contributed by atoms with E-state index in [9.17, 15) is 18.0 Å². The summed E-state index contributed by atoms with van der Waals surface area (Å²) >= 11 is 2.84. The maximum absolute atomic E-state index is 13.4. The number of fused-ring (bicyclic) bond motifs is 2. The van der Waals surface area contributed by atoms with Gasteiger partial charge in [0.15, 0.2) is 15.8 Å². The van der Waals surface area contributed by atoms with Crippen LogP contribution in [-0.2, 0) is 14.8 Å². The van der Waals surface area contributed by atoms with E-state index in [-0.39, 0.29) is 5.69 Å². The molecule has 0 fully saturated rings. The van der Waals surface area contributed by atoms with Crippen molar-refractivity contribution in [3.63, 3.8) is 0 Å². The lowest BCUT2D eigenvalue weighted by molar-refractivity contribution is -0.459. The average Bonchev–Trinajstić information content (AvgIpc) is 3.24. The molecular weight excluding hydrogens is 534 g/mol. The number of aromatic nitrogens is 1. The second-order valence-corrected chi connectivity index (χ2v) is 12.1. The highest BCUT2D eigenvalue weighted by Crippen LogP contribution is 2.45. The SMILES string of the molecule is COc1c(Sc2nc3ccccc3s2)cc(NS(=O)(=O)C2=C[N+](=N)C(=O)N(C)CC2=O)c2ccccc12. The van der Waals surface area contributed by atoms with Gasteiger partial charge < -0.3 is 4.74 Å². The van der Waals surface area contributed by atoms with Crippen LogP contribution in [-0.4, -0.2) is 55.5 Å². The number of ether oxygens (including phenoxy) is 1. The molecular formula is C24H20N5O5S3+. The molecule has 1 aromatic heterocycles. The van der Waals surface area contributed by atoms with E-state index in [0.717, 1.165) is 25.7 Å². The lowest BCUT2D eigenvalue weighted by Gasteiger charge is -2.16. The van der Waals surface area contributed by atoms with Crippen LogP contribution in [0.2, 0.25) is 0 Å². The third kappa shape index (κ3) is 4.68. The first-order chi connectivity index (χ1) is 17.7. The zero-order valence-corrected chi connectivity index (χ0v) is 22.0. The molecule has 0 radical (unpaired) electrons. The van der Waals surface area contributed by atoms with Crippen LogP contribution in [0, 0.1) is 5.53 Å². The van der Waals surface area contributed by atoms with Gasteiger partial charge in [-0.05, 0) is 18.2 Å². The van der Waals surface area contributed by atoms with Crippen molar-refractivity contribution in [1.82, 2.24) is 9.88 Å². The molecule has 0 spiro atoms. The summed E-state index contributed by atoms with van der Waals surface area (Å²) in [6.07, 6.45) is 0.721. The summed E-state index contributed by atoms with van der Waals surface area (Å²) in [7, 11) is -1.59. The van der Waals surface area contributed by atoms with Crippen molar-refractivity contribution >= 4 is 71.6 Å². The Bertz CT molecular complexity index is 1710. The zero-order chi connectivity index (χ0) is 26.3. The number of sulfonamides is 1. The Labute approximate surface area is 220 Å². The predicted octanol–water partition coefficient (Wildman–Crippen LogP) is 4.87. The molecule has 2 amide bonds. The number of urea groups is 1. The first-order valence-corrected chi connectivity index (χ1v) is 14.0. The van der Waals surface area contributed by atoms with Crippen molar-refractivity contribution in [2.75, 3.05) is 25.4 Å². The molecule has 10 nitrogen and oxygen atoms in total. The van der Waals surface area contributed by atoms with Gasteiger partial charge in [0.1, 0.15) is 11.9 Å². The first-order valence-electron chi connectivity index (χ1n) is 10.8. The molecule has 4 aromatic rings. The van der Waals surface area contributed by atoms with E-state index in [1.807, 2.05) is 36.4 Å². The second kappa shape index (κ2) is 9.57. The fourth-order valence-corrected chi connectivity index (χ4v) is 7.27. The normalized spacial score (nSPS) is 14.7. The molecule has 1 aliphatic rings. The minimum absolute atomic E-state index is 0.217. The van der Waals surface area contributed by atoms with Crippen molar-refractivity contribution < 1.29 is 27.4 Å². The quantitative estimate of drug-likeness (QED) is 0.325. The Balaban J connectivity index is 1.60. The smallest absolute Gasteiger partial charge is 0.495 e. The van der Waals surface area contributed by atoms with E-state index in [1.165, 1.54) is 30.1 Å². The van der Waals surface area contributed by atoms with Crippen LogP contribution in [0.5, 0.6) is 5.75 Å². The maximum Gasteiger partial charge on any atom is 0.518 e. The van der Waals surface area contributed by atoms with Crippen LogP contribution >= 0.6 is 23.1 Å². The average molecular weight is 555 g/mol. The second-order valence-electron chi connectivity index (χ2n) is 8.08. The third-order valence-corrected chi connectivity index (χ3v) is 9.13. The zero-order valence-electron chi connectivity index (χ0n) is 19.6. The lowest BCUT2D eigenvalue weighted by Crippen LogP contribution is -2.33. The standard InChI is InChI=1S/C24H20N5O5S3/c1-28-12-18(30)21(13-29(25)24(28)31)37(32,33)27-17-11-20(22(34-2)15-8-4-3-7-14(15)17)36-23-26-16-9-5-6-10-19(16)35-23/h3-11,13,25,27H,12H2,1-2H3/q+1. The number of nitrogens with one attached hydrogen (secondary N) is 2. The van der Waals surface area contributed by atoms with E-state index in [0.29, 0.717) is 26.1 Å². The van der Waals surface area contributed by atoms with Gasteiger partial charge in [-0.25, -0.2) is 18.3 Å². The number of likely N-dealkylation sites (N-methyl/N-ethyl adjacent to an activating group) is 1. The Morgan fingerprint density at radius 3 is 2.57 bits per heavy atom. The van der Waals surface area contributed by atoms with Gasteiger partial charge in [0.2, 0.25) is 5.78 Å². The molecule has 0 saturated carbocycles. The molecule has 1 aliphatic heterocycles. The van der Waals surface area contributed by atoms with Crippen LogP contribution in [0.3, 0.4) is 0 Å². The van der Waals surface area contributed by atoms with Crippen molar-refractivity contribution in [3.05, 3.63) is 65.7 Å². The Hall–Kier alpha value is -3.81. The number of Topliss-reactive ketones (excluding diaryl/α,β-unsaturated/α-hetero) is 1. The summed E-state index contributed by atoms with van der Waals surface area (Å²) in [5.41, 5.74) is 8.89. The molecule has 5 rings (SSSR count). The molecule has 0 unspecified atom stereocenters. The van der Waals surface area contributed by atoms with Gasteiger partial charge in [-0.1, -0.05) is 52.9 Å². The number of amides is 2.